The number of piperazine rings is 1. The molecule has 2 heterocycles. The summed E-state index contributed by atoms with van der Waals surface area (Å²) in [7, 11) is 0. The Labute approximate surface area is 139 Å². The summed E-state index contributed by atoms with van der Waals surface area (Å²) < 4.78 is 43.1. The molecule has 134 valence electrons. The normalized spacial score (nSPS) is 19.4. The van der Waals surface area contributed by atoms with Crippen molar-refractivity contribution in [1.82, 2.24) is 9.88 Å². The Kier molecular flexibility index (Phi) is 4.96. The van der Waals surface area contributed by atoms with Crippen LogP contribution in [0, 0.1) is 0 Å². The van der Waals surface area contributed by atoms with Crippen LogP contribution in [0.5, 0.6) is 0 Å². The lowest BCUT2D eigenvalue weighted by atomic mass is 10.2. The van der Waals surface area contributed by atoms with E-state index < -0.39 is 17.3 Å². The molecule has 0 saturated carbocycles. The quantitative estimate of drug-likeness (QED) is 0.781. The van der Waals surface area contributed by atoms with Crippen molar-refractivity contribution in [2.24, 2.45) is 0 Å². The Morgan fingerprint density at radius 2 is 1.92 bits per heavy atom. The number of amides is 1. The average Bonchev–Trinajstić information content (AvgIpc) is 2.44. The fourth-order valence-electron chi connectivity index (χ4n) is 2.50. The number of pyridine rings is 1. The topological polar surface area (TPSA) is 45.7 Å². The molecular formula is C16H22F3N3O2. The highest BCUT2D eigenvalue weighted by molar-refractivity contribution is 5.69. The van der Waals surface area contributed by atoms with E-state index in [2.05, 4.69) is 4.98 Å². The fraction of sp³-hybridized carbons (Fsp3) is 0.625. The van der Waals surface area contributed by atoms with Gasteiger partial charge in [-0.25, -0.2) is 9.78 Å². The number of halogens is 3. The number of hydrogen-bond acceptors (Lipinski definition) is 4. The van der Waals surface area contributed by atoms with Gasteiger partial charge in [-0.1, -0.05) is 0 Å². The van der Waals surface area contributed by atoms with Crippen LogP contribution >= 0.6 is 0 Å². The molecule has 1 fully saturated rings. The molecule has 0 spiro atoms. The molecule has 2 rings (SSSR count). The van der Waals surface area contributed by atoms with E-state index >= 15 is 0 Å². The predicted molar refractivity (Wildman–Crippen MR) is 83.9 cm³/mol. The first kappa shape index (κ1) is 18.4. The van der Waals surface area contributed by atoms with E-state index in [0.29, 0.717) is 25.5 Å². The van der Waals surface area contributed by atoms with Crippen LogP contribution < -0.4 is 4.90 Å². The minimum absolute atomic E-state index is 0.127. The molecule has 0 aromatic carbocycles. The maximum absolute atomic E-state index is 12.6. The third-order valence-electron chi connectivity index (χ3n) is 3.65. The monoisotopic (exact) mass is 345 g/mol. The molecule has 8 heteroatoms. The third kappa shape index (κ3) is 4.52. The molecule has 1 aromatic heterocycles. The van der Waals surface area contributed by atoms with Gasteiger partial charge in [-0.05, 0) is 39.8 Å². The van der Waals surface area contributed by atoms with Crippen LogP contribution in [0.25, 0.3) is 0 Å². The van der Waals surface area contributed by atoms with Crippen LogP contribution in [-0.4, -0.2) is 47.3 Å². The molecule has 0 aliphatic carbocycles. The van der Waals surface area contributed by atoms with Gasteiger partial charge in [0.15, 0.2) is 0 Å². The van der Waals surface area contributed by atoms with E-state index in [1.165, 1.54) is 6.07 Å². The van der Waals surface area contributed by atoms with E-state index in [9.17, 15) is 18.0 Å². The first-order valence-corrected chi connectivity index (χ1v) is 7.75. The molecule has 1 atom stereocenters. The summed E-state index contributed by atoms with van der Waals surface area (Å²) in [5.74, 6) is 0.471. The lowest BCUT2D eigenvalue weighted by molar-refractivity contribution is -0.137. The highest BCUT2D eigenvalue weighted by atomic mass is 19.4. The Hall–Kier alpha value is -1.99. The van der Waals surface area contributed by atoms with Crippen molar-refractivity contribution in [1.29, 1.82) is 0 Å². The summed E-state index contributed by atoms with van der Waals surface area (Å²) in [5.41, 5.74) is -1.34. The Morgan fingerprint density at radius 3 is 2.38 bits per heavy atom. The number of hydrogen-bond donors (Lipinski definition) is 0. The van der Waals surface area contributed by atoms with Gasteiger partial charge in [-0.2, -0.15) is 13.2 Å². The maximum Gasteiger partial charge on any atom is 0.417 e. The molecule has 5 nitrogen and oxygen atoms in total. The van der Waals surface area contributed by atoms with Gasteiger partial charge in [0.2, 0.25) is 0 Å². The minimum Gasteiger partial charge on any atom is -0.444 e. The molecule has 1 aromatic rings. The zero-order valence-corrected chi connectivity index (χ0v) is 14.2. The number of nitrogens with zero attached hydrogens (tertiary/aromatic N) is 3. The van der Waals surface area contributed by atoms with Gasteiger partial charge in [-0.15, -0.1) is 0 Å². The Balaban J connectivity index is 2.01. The molecule has 0 N–H and O–H groups in total. The summed E-state index contributed by atoms with van der Waals surface area (Å²) in [6.45, 7) is 8.69. The smallest absolute Gasteiger partial charge is 0.417 e. The van der Waals surface area contributed by atoms with Crippen molar-refractivity contribution >= 4 is 11.9 Å². The molecule has 24 heavy (non-hydrogen) atoms. The Morgan fingerprint density at radius 1 is 1.25 bits per heavy atom. The summed E-state index contributed by atoms with van der Waals surface area (Å²) >= 11 is 0. The zero-order valence-electron chi connectivity index (χ0n) is 14.2. The number of rotatable bonds is 1. The van der Waals surface area contributed by atoms with Crippen molar-refractivity contribution in [3.8, 4) is 0 Å². The van der Waals surface area contributed by atoms with Gasteiger partial charge in [0.1, 0.15) is 11.4 Å². The van der Waals surface area contributed by atoms with Crippen molar-refractivity contribution in [2.45, 2.75) is 45.5 Å². The maximum atomic E-state index is 12.6. The lowest BCUT2D eigenvalue weighted by Gasteiger charge is -2.40. The molecule has 0 bridgehead atoms. The molecule has 1 aliphatic heterocycles. The van der Waals surface area contributed by atoms with Gasteiger partial charge in [0.05, 0.1) is 5.56 Å². The summed E-state index contributed by atoms with van der Waals surface area (Å²) in [6, 6.07) is 2.25. The largest absolute Gasteiger partial charge is 0.444 e. The van der Waals surface area contributed by atoms with E-state index in [0.717, 1.165) is 12.3 Å². The number of carbonyl (C=O) groups is 1. The number of anilines is 1. The van der Waals surface area contributed by atoms with Crippen molar-refractivity contribution in [3.05, 3.63) is 23.9 Å². The van der Waals surface area contributed by atoms with Crippen molar-refractivity contribution in [2.75, 3.05) is 24.5 Å². The summed E-state index contributed by atoms with van der Waals surface area (Å²) in [6.07, 6.45) is -3.94. The fourth-order valence-corrected chi connectivity index (χ4v) is 2.50. The standard InChI is InChI=1S/C16H22F3N3O2/c1-11-10-21(7-8-22(11)14(23)24-15(2,3)4)13-6-5-12(9-20-13)16(17,18)19/h5-6,9,11H,7-8,10H2,1-4H3/t11-/m0/s1. The second kappa shape index (κ2) is 6.49. The SMILES string of the molecule is C[C@H]1CN(c2ccc(C(F)(F)F)cn2)CCN1C(=O)OC(C)(C)C. The van der Waals surface area contributed by atoms with Gasteiger partial charge in [-0.3, -0.25) is 0 Å². The predicted octanol–water partition coefficient (Wildman–Crippen LogP) is 3.55. The van der Waals surface area contributed by atoms with Crippen LogP contribution in [0.1, 0.15) is 33.3 Å². The van der Waals surface area contributed by atoms with Gasteiger partial charge >= 0.3 is 12.3 Å². The zero-order chi connectivity index (χ0) is 18.1. The Bertz CT molecular complexity index is 582. The highest BCUT2D eigenvalue weighted by Crippen LogP contribution is 2.29. The van der Waals surface area contributed by atoms with Crippen molar-refractivity contribution in [3.63, 3.8) is 0 Å². The molecular weight excluding hydrogens is 323 g/mol. The number of carbonyl (C=O) groups excluding carboxylic acids is 1. The highest BCUT2D eigenvalue weighted by Gasteiger charge is 2.33. The average molecular weight is 345 g/mol. The van der Waals surface area contributed by atoms with Crippen LogP contribution in [-0.2, 0) is 10.9 Å². The second-order valence-electron chi connectivity index (χ2n) is 6.87. The van der Waals surface area contributed by atoms with Crippen LogP contribution in [0.15, 0.2) is 18.3 Å². The number of alkyl halides is 3. The first-order valence-electron chi connectivity index (χ1n) is 7.75. The van der Waals surface area contributed by atoms with Gasteiger partial charge < -0.3 is 14.5 Å². The number of aromatic nitrogens is 1. The molecule has 1 amide bonds. The minimum atomic E-state index is -4.39. The summed E-state index contributed by atoms with van der Waals surface area (Å²) in [5, 5.41) is 0. The number of ether oxygens (including phenoxy) is 1. The van der Waals surface area contributed by atoms with E-state index in [4.69, 9.17) is 4.74 Å². The first-order chi connectivity index (χ1) is 11.0. The third-order valence-corrected chi connectivity index (χ3v) is 3.65. The van der Waals surface area contributed by atoms with Crippen molar-refractivity contribution < 1.29 is 22.7 Å². The van der Waals surface area contributed by atoms with Crippen LogP contribution in [0.4, 0.5) is 23.8 Å². The van der Waals surface area contributed by atoms with Crippen LogP contribution in [0.3, 0.4) is 0 Å². The van der Waals surface area contributed by atoms with Gasteiger partial charge in [0, 0.05) is 31.9 Å². The second-order valence-corrected chi connectivity index (χ2v) is 6.87. The summed E-state index contributed by atoms with van der Waals surface area (Å²) in [4.78, 5) is 19.6. The molecule has 0 radical (unpaired) electrons. The van der Waals surface area contributed by atoms with E-state index in [1.807, 2.05) is 11.8 Å². The lowest BCUT2D eigenvalue weighted by Crippen LogP contribution is -2.55. The van der Waals surface area contributed by atoms with Crippen LogP contribution in [0.2, 0.25) is 0 Å². The van der Waals surface area contributed by atoms with Gasteiger partial charge in [0.25, 0.3) is 0 Å². The molecule has 1 aliphatic rings. The van der Waals surface area contributed by atoms with E-state index in [1.54, 1.807) is 25.7 Å². The molecule has 1 saturated heterocycles. The van der Waals surface area contributed by atoms with E-state index in [-0.39, 0.29) is 12.1 Å². The molecule has 0 unspecified atom stereocenters.